The maximum absolute atomic E-state index is 12.8. The van der Waals surface area contributed by atoms with E-state index in [9.17, 15) is 8.78 Å². The Balaban J connectivity index is 2.65. The lowest BCUT2D eigenvalue weighted by atomic mass is 10.2. The quantitative estimate of drug-likeness (QED) is 0.604. The summed E-state index contributed by atoms with van der Waals surface area (Å²) in [5, 5.41) is 0. The van der Waals surface area contributed by atoms with Crippen LogP contribution in [0.1, 0.15) is 25.3 Å². The van der Waals surface area contributed by atoms with Gasteiger partial charge in [0, 0.05) is 6.42 Å². The molecule has 0 aliphatic rings. The maximum Gasteiger partial charge on any atom is 0.159 e. The zero-order valence-electron chi connectivity index (χ0n) is 8.63. The van der Waals surface area contributed by atoms with Crippen LogP contribution in [0.15, 0.2) is 23.2 Å². The number of nitrogens with two attached hydrogens (primary N) is 1. The van der Waals surface area contributed by atoms with E-state index in [0.717, 1.165) is 25.0 Å². The highest BCUT2D eigenvalue weighted by atomic mass is 19.2. The van der Waals surface area contributed by atoms with Gasteiger partial charge in [-0.3, -0.25) is 4.99 Å². The molecule has 0 aromatic heterocycles. The molecule has 0 saturated heterocycles. The van der Waals surface area contributed by atoms with Crippen molar-refractivity contribution in [2.24, 2.45) is 10.7 Å². The van der Waals surface area contributed by atoms with Gasteiger partial charge in [0.15, 0.2) is 11.6 Å². The molecular formula is C11H14F2N2. The maximum atomic E-state index is 12.8. The van der Waals surface area contributed by atoms with Crippen LogP contribution in [-0.4, -0.2) is 5.84 Å². The molecule has 0 atom stereocenters. The molecule has 0 heterocycles. The highest BCUT2D eigenvalue weighted by Gasteiger charge is 2.01. The third-order valence-electron chi connectivity index (χ3n) is 1.95. The molecule has 2 nitrogen and oxygen atoms in total. The number of hydrogen-bond acceptors (Lipinski definition) is 1. The Morgan fingerprint density at radius 3 is 2.67 bits per heavy atom. The SMILES string of the molecule is CCCC(N)=NCc1ccc(F)c(F)c1. The first-order valence-corrected chi connectivity index (χ1v) is 4.86. The van der Waals surface area contributed by atoms with Crippen molar-refractivity contribution in [1.29, 1.82) is 0 Å². The number of nitrogens with zero attached hydrogens (tertiary/aromatic N) is 1. The molecule has 0 aliphatic carbocycles. The average Bonchev–Trinajstić information content (AvgIpc) is 2.20. The summed E-state index contributed by atoms with van der Waals surface area (Å²) in [6.45, 7) is 2.29. The summed E-state index contributed by atoms with van der Waals surface area (Å²) in [6, 6.07) is 3.73. The van der Waals surface area contributed by atoms with Crippen LogP contribution in [0.3, 0.4) is 0 Å². The topological polar surface area (TPSA) is 38.4 Å². The van der Waals surface area contributed by atoms with Crippen molar-refractivity contribution >= 4 is 5.84 Å². The zero-order valence-corrected chi connectivity index (χ0v) is 8.63. The van der Waals surface area contributed by atoms with Gasteiger partial charge in [0.2, 0.25) is 0 Å². The molecule has 15 heavy (non-hydrogen) atoms. The van der Waals surface area contributed by atoms with Crippen LogP contribution in [-0.2, 0) is 6.54 Å². The molecule has 1 aromatic carbocycles. The number of hydrogen-bond donors (Lipinski definition) is 1. The van der Waals surface area contributed by atoms with Crippen LogP contribution in [0.5, 0.6) is 0 Å². The fourth-order valence-corrected chi connectivity index (χ4v) is 1.17. The summed E-state index contributed by atoms with van der Waals surface area (Å²) in [7, 11) is 0. The lowest BCUT2D eigenvalue weighted by Crippen LogP contribution is -2.11. The Morgan fingerprint density at radius 1 is 1.33 bits per heavy atom. The molecule has 0 spiro atoms. The van der Waals surface area contributed by atoms with Crippen LogP contribution in [0.4, 0.5) is 8.78 Å². The number of rotatable bonds is 4. The standard InChI is InChI=1S/C11H14F2N2/c1-2-3-11(14)15-7-8-4-5-9(12)10(13)6-8/h4-6H,2-3,7H2,1H3,(H2,14,15). The number of aliphatic imine (C=N–C) groups is 1. The summed E-state index contributed by atoms with van der Waals surface area (Å²) in [4.78, 5) is 4.06. The number of benzene rings is 1. The van der Waals surface area contributed by atoms with E-state index < -0.39 is 11.6 Å². The minimum Gasteiger partial charge on any atom is -0.387 e. The van der Waals surface area contributed by atoms with Crippen LogP contribution in [0.25, 0.3) is 0 Å². The van der Waals surface area contributed by atoms with E-state index in [1.54, 1.807) is 0 Å². The smallest absolute Gasteiger partial charge is 0.159 e. The first kappa shape index (κ1) is 11.6. The molecule has 0 saturated carbocycles. The van der Waals surface area contributed by atoms with Crippen LogP contribution in [0.2, 0.25) is 0 Å². The Kier molecular flexibility index (Phi) is 4.21. The Morgan fingerprint density at radius 2 is 2.07 bits per heavy atom. The van der Waals surface area contributed by atoms with Gasteiger partial charge in [-0.15, -0.1) is 0 Å². The molecular weight excluding hydrogens is 198 g/mol. The summed E-state index contributed by atoms with van der Waals surface area (Å²) >= 11 is 0. The summed E-state index contributed by atoms with van der Waals surface area (Å²) in [6.07, 6.45) is 1.65. The molecule has 0 radical (unpaired) electrons. The molecule has 0 bridgehead atoms. The minimum absolute atomic E-state index is 0.295. The predicted molar refractivity (Wildman–Crippen MR) is 56.6 cm³/mol. The first-order valence-electron chi connectivity index (χ1n) is 4.86. The minimum atomic E-state index is -0.850. The van der Waals surface area contributed by atoms with E-state index in [0.29, 0.717) is 17.9 Å². The second-order valence-corrected chi connectivity index (χ2v) is 3.31. The van der Waals surface area contributed by atoms with Crippen molar-refractivity contribution in [1.82, 2.24) is 0 Å². The third-order valence-corrected chi connectivity index (χ3v) is 1.95. The highest BCUT2D eigenvalue weighted by Crippen LogP contribution is 2.09. The van der Waals surface area contributed by atoms with E-state index in [2.05, 4.69) is 4.99 Å². The van der Waals surface area contributed by atoms with Crippen molar-refractivity contribution in [2.45, 2.75) is 26.3 Å². The predicted octanol–water partition coefficient (Wildman–Crippen LogP) is 2.62. The number of halogens is 2. The first-order chi connectivity index (χ1) is 7.13. The lowest BCUT2D eigenvalue weighted by molar-refractivity contribution is 0.507. The van der Waals surface area contributed by atoms with E-state index in [4.69, 9.17) is 5.73 Å². The zero-order chi connectivity index (χ0) is 11.3. The molecule has 0 unspecified atom stereocenters. The molecule has 1 aromatic rings. The Hall–Kier alpha value is -1.45. The van der Waals surface area contributed by atoms with Crippen molar-refractivity contribution in [3.05, 3.63) is 35.4 Å². The van der Waals surface area contributed by atoms with E-state index in [1.165, 1.54) is 6.07 Å². The Bertz CT molecular complexity index is 362. The largest absolute Gasteiger partial charge is 0.387 e. The van der Waals surface area contributed by atoms with Crippen molar-refractivity contribution in [2.75, 3.05) is 0 Å². The summed E-state index contributed by atoms with van der Waals surface area (Å²) in [5.41, 5.74) is 6.20. The molecule has 2 N–H and O–H groups in total. The fourth-order valence-electron chi connectivity index (χ4n) is 1.17. The van der Waals surface area contributed by atoms with Crippen LogP contribution in [0, 0.1) is 11.6 Å². The lowest BCUT2D eigenvalue weighted by Gasteiger charge is -2.00. The second-order valence-electron chi connectivity index (χ2n) is 3.31. The van der Waals surface area contributed by atoms with Gasteiger partial charge < -0.3 is 5.73 Å². The molecule has 0 fully saturated rings. The van der Waals surface area contributed by atoms with Gasteiger partial charge in [-0.2, -0.15) is 0 Å². The number of amidine groups is 1. The molecule has 0 aliphatic heterocycles. The summed E-state index contributed by atoms with van der Waals surface area (Å²) in [5.74, 6) is -1.15. The van der Waals surface area contributed by atoms with E-state index in [-0.39, 0.29) is 0 Å². The van der Waals surface area contributed by atoms with E-state index in [1.807, 2.05) is 6.92 Å². The van der Waals surface area contributed by atoms with Crippen LogP contribution < -0.4 is 5.73 Å². The van der Waals surface area contributed by atoms with Crippen molar-refractivity contribution < 1.29 is 8.78 Å². The second kappa shape index (κ2) is 5.44. The van der Waals surface area contributed by atoms with Gasteiger partial charge >= 0.3 is 0 Å². The van der Waals surface area contributed by atoms with Gasteiger partial charge in [-0.1, -0.05) is 13.0 Å². The van der Waals surface area contributed by atoms with Crippen molar-refractivity contribution in [3.63, 3.8) is 0 Å². The summed E-state index contributed by atoms with van der Waals surface area (Å²) < 4.78 is 25.4. The third kappa shape index (κ3) is 3.65. The molecule has 0 amide bonds. The van der Waals surface area contributed by atoms with Gasteiger partial charge in [0.1, 0.15) is 0 Å². The monoisotopic (exact) mass is 212 g/mol. The molecule has 82 valence electrons. The van der Waals surface area contributed by atoms with Crippen LogP contribution >= 0.6 is 0 Å². The molecule has 1 rings (SSSR count). The molecule has 4 heteroatoms. The van der Waals surface area contributed by atoms with Gasteiger partial charge in [0.05, 0.1) is 12.4 Å². The highest BCUT2D eigenvalue weighted by molar-refractivity contribution is 5.80. The Labute approximate surface area is 87.8 Å². The fraction of sp³-hybridized carbons (Fsp3) is 0.364. The average molecular weight is 212 g/mol. The van der Waals surface area contributed by atoms with Gasteiger partial charge in [0.25, 0.3) is 0 Å². The normalized spacial score (nSPS) is 11.8. The van der Waals surface area contributed by atoms with E-state index >= 15 is 0 Å². The van der Waals surface area contributed by atoms with Crippen molar-refractivity contribution in [3.8, 4) is 0 Å². The van der Waals surface area contributed by atoms with Gasteiger partial charge in [-0.25, -0.2) is 8.78 Å². The van der Waals surface area contributed by atoms with Gasteiger partial charge in [-0.05, 0) is 24.1 Å².